The van der Waals surface area contributed by atoms with Crippen LogP contribution < -0.4 is 5.32 Å². The van der Waals surface area contributed by atoms with Crippen molar-refractivity contribution in [1.82, 2.24) is 5.32 Å². The number of benzene rings is 1. The van der Waals surface area contributed by atoms with Crippen LogP contribution in [0.5, 0.6) is 0 Å². The van der Waals surface area contributed by atoms with Crippen molar-refractivity contribution in [3.8, 4) is 0 Å². The lowest BCUT2D eigenvalue weighted by molar-refractivity contribution is 0.290. The van der Waals surface area contributed by atoms with Gasteiger partial charge in [-0.25, -0.2) is 0 Å². The summed E-state index contributed by atoms with van der Waals surface area (Å²) in [6.45, 7) is 3.15. The monoisotopic (exact) mass is 335 g/mol. The van der Waals surface area contributed by atoms with Crippen LogP contribution in [0.4, 0.5) is 0 Å². The molecule has 1 N–H and O–H groups in total. The Labute approximate surface area is 127 Å². The van der Waals surface area contributed by atoms with Gasteiger partial charge in [-0.2, -0.15) is 0 Å². The molecule has 0 unspecified atom stereocenters. The Hall–Kier alpha value is -0.640. The third-order valence-electron chi connectivity index (χ3n) is 3.87. The summed E-state index contributed by atoms with van der Waals surface area (Å²) in [4.78, 5) is 1.41. The summed E-state index contributed by atoms with van der Waals surface area (Å²) in [7, 11) is 0. The maximum atomic E-state index is 3.65. The second kappa shape index (κ2) is 5.78. The average molecular weight is 336 g/mol. The van der Waals surface area contributed by atoms with Gasteiger partial charge in [-0.3, -0.25) is 0 Å². The van der Waals surface area contributed by atoms with Crippen LogP contribution in [-0.4, -0.2) is 6.04 Å². The number of hydrogen-bond donors (Lipinski definition) is 1. The van der Waals surface area contributed by atoms with Gasteiger partial charge >= 0.3 is 0 Å². The molecule has 0 bridgehead atoms. The van der Waals surface area contributed by atoms with E-state index in [1.54, 1.807) is 0 Å². The molecule has 1 saturated carbocycles. The molecular formula is C16H18BrNS. The van der Waals surface area contributed by atoms with Crippen LogP contribution in [0, 0.1) is 6.92 Å². The third-order valence-corrected chi connectivity index (χ3v) is 5.57. The van der Waals surface area contributed by atoms with Crippen LogP contribution in [0.1, 0.15) is 34.8 Å². The first kappa shape index (κ1) is 13.3. The van der Waals surface area contributed by atoms with E-state index in [-0.39, 0.29) is 0 Å². The third kappa shape index (κ3) is 3.28. The molecule has 2 aromatic rings. The van der Waals surface area contributed by atoms with Gasteiger partial charge < -0.3 is 5.32 Å². The Balaban J connectivity index is 1.46. The van der Waals surface area contributed by atoms with E-state index < -0.39 is 0 Å². The number of hydrogen-bond acceptors (Lipinski definition) is 2. The Kier molecular flexibility index (Phi) is 4.06. The predicted octanol–water partition coefficient (Wildman–Crippen LogP) is 4.85. The first-order valence-corrected chi connectivity index (χ1v) is 8.41. The van der Waals surface area contributed by atoms with Gasteiger partial charge in [0, 0.05) is 27.3 Å². The Morgan fingerprint density at radius 1 is 1.26 bits per heavy atom. The summed E-state index contributed by atoms with van der Waals surface area (Å²) in [5, 5.41) is 5.80. The van der Waals surface area contributed by atoms with Crippen molar-refractivity contribution in [2.45, 2.75) is 38.3 Å². The van der Waals surface area contributed by atoms with Crippen LogP contribution in [0.3, 0.4) is 0 Å². The highest BCUT2D eigenvalue weighted by Gasteiger charge is 2.29. The molecule has 1 aliphatic rings. The van der Waals surface area contributed by atoms with Crippen molar-refractivity contribution >= 4 is 27.3 Å². The van der Waals surface area contributed by atoms with Gasteiger partial charge in [-0.05, 0) is 53.2 Å². The van der Waals surface area contributed by atoms with Gasteiger partial charge in [-0.15, -0.1) is 11.3 Å². The van der Waals surface area contributed by atoms with E-state index in [9.17, 15) is 0 Å². The fourth-order valence-electron chi connectivity index (χ4n) is 2.59. The van der Waals surface area contributed by atoms with Crippen molar-refractivity contribution in [2.75, 3.05) is 0 Å². The molecule has 19 heavy (non-hydrogen) atoms. The van der Waals surface area contributed by atoms with E-state index >= 15 is 0 Å². The van der Waals surface area contributed by atoms with Gasteiger partial charge in [0.25, 0.3) is 0 Å². The zero-order chi connectivity index (χ0) is 13.2. The summed E-state index contributed by atoms with van der Waals surface area (Å²) in [5.41, 5.74) is 2.85. The standard InChI is InChI=1S/C16H18BrNS/c1-11-2-4-12(5-3-11)13-6-15(7-13)18-9-16-8-14(17)10-19-16/h2-5,8,10,13,15,18H,6-7,9H2,1H3. The summed E-state index contributed by atoms with van der Waals surface area (Å²) in [6.07, 6.45) is 2.55. The van der Waals surface area contributed by atoms with Crippen molar-refractivity contribution in [3.63, 3.8) is 0 Å². The fraction of sp³-hybridized carbons (Fsp3) is 0.375. The second-order valence-electron chi connectivity index (χ2n) is 5.39. The van der Waals surface area contributed by atoms with Crippen LogP contribution in [0.15, 0.2) is 40.2 Å². The maximum absolute atomic E-state index is 3.65. The lowest BCUT2D eigenvalue weighted by Gasteiger charge is -2.36. The molecule has 0 amide bonds. The normalized spacial score (nSPS) is 22.2. The van der Waals surface area contributed by atoms with Crippen molar-refractivity contribution in [1.29, 1.82) is 0 Å². The number of nitrogens with one attached hydrogen (secondary N) is 1. The van der Waals surface area contributed by atoms with E-state index in [2.05, 4.69) is 63.9 Å². The molecule has 3 heteroatoms. The van der Waals surface area contributed by atoms with Gasteiger partial charge in [0.15, 0.2) is 0 Å². The first-order valence-electron chi connectivity index (χ1n) is 6.73. The Morgan fingerprint density at radius 2 is 2.00 bits per heavy atom. The van der Waals surface area contributed by atoms with Crippen molar-refractivity contribution in [2.24, 2.45) is 0 Å². The molecular weight excluding hydrogens is 318 g/mol. The van der Waals surface area contributed by atoms with Gasteiger partial charge in [-0.1, -0.05) is 29.8 Å². The van der Waals surface area contributed by atoms with Gasteiger partial charge in [0.05, 0.1) is 0 Å². The Morgan fingerprint density at radius 3 is 2.63 bits per heavy atom. The minimum Gasteiger partial charge on any atom is -0.309 e. The highest BCUT2D eigenvalue weighted by atomic mass is 79.9. The van der Waals surface area contributed by atoms with Gasteiger partial charge in [0.1, 0.15) is 0 Å². The molecule has 1 heterocycles. The largest absolute Gasteiger partial charge is 0.309 e. The van der Waals surface area contributed by atoms with E-state index in [0.717, 1.165) is 12.5 Å². The molecule has 1 fully saturated rings. The van der Waals surface area contributed by atoms with E-state index in [1.165, 1.54) is 33.3 Å². The maximum Gasteiger partial charge on any atom is 0.0302 e. The zero-order valence-electron chi connectivity index (χ0n) is 11.0. The molecule has 1 aliphatic carbocycles. The first-order chi connectivity index (χ1) is 9.20. The molecule has 1 aromatic heterocycles. The van der Waals surface area contributed by atoms with E-state index in [4.69, 9.17) is 0 Å². The van der Waals surface area contributed by atoms with Crippen LogP contribution in [0.25, 0.3) is 0 Å². The average Bonchev–Trinajstić information content (AvgIpc) is 2.75. The van der Waals surface area contributed by atoms with Crippen LogP contribution in [-0.2, 0) is 6.54 Å². The summed E-state index contributed by atoms with van der Waals surface area (Å²) < 4.78 is 1.19. The second-order valence-corrected chi connectivity index (χ2v) is 7.30. The molecule has 0 spiro atoms. The lowest BCUT2D eigenvalue weighted by atomic mass is 9.76. The quantitative estimate of drug-likeness (QED) is 0.841. The summed E-state index contributed by atoms with van der Waals surface area (Å²) in [5.74, 6) is 0.758. The van der Waals surface area contributed by atoms with Crippen LogP contribution >= 0.6 is 27.3 Å². The minimum absolute atomic E-state index is 0.687. The van der Waals surface area contributed by atoms with Crippen molar-refractivity contribution in [3.05, 3.63) is 56.2 Å². The Bertz CT molecular complexity index is 540. The molecule has 0 saturated heterocycles. The van der Waals surface area contributed by atoms with Gasteiger partial charge in [0.2, 0.25) is 0 Å². The molecule has 0 aliphatic heterocycles. The van der Waals surface area contributed by atoms with Crippen LogP contribution in [0.2, 0.25) is 0 Å². The highest BCUT2D eigenvalue weighted by molar-refractivity contribution is 9.10. The zero-order valence-corrected chi connectivity index (χ0v) is 13.4. The smallest absolute Gasteiger partial charge is 0.0302 e. The SMILES string of the molecule is Cc1ccc(C2CC(NCc3cc(Br)cs3)C2)cc1. The van der Waals surface area contributed by atoms with Crippen molar-refractivity contribution < 1.29 is 0 Å². The molecule has 1 nitrogen and oxygen atoms in total. The fourth-order valence-corrected chi connectivity index (χ4v) is 3.99. The van der Waals surface area contributed by atoms with E-state index in [1.807, 2.05) is 11.3 Å². The molecule has 0 atom stereocenters. The summed E-state index contributed by atoms with van der Waals surface area (Å²) >= 11 is 5.31. The number of halogens is 1. The minimum atomic E-state index is 0.687. The number of thiophene rings is 1. The highest BCUT2D eigenvalue weighted by Crippen LogP contribution is 2.37. The lowest BCUT2D eigenvalue weighted by Crippen LogP contribution is -2.39. The molecule has 100 valence electrons. The number of aryl methyl sites for hydroxylation is 1. The predicted molar refractivity (Wildman–Crippen MR) is 85.8 cm³/mol. The summed E-state index contributed by atoms with van der Waals surface area (Å²) in [6, 6.07) is 11.9. The molecule has 1 aromatic carbocycles. The molecule has 3 rings (SSSR count). The van der Waals surface area contributed by atoms with E-state index in [0.29, 0.717) is 6.04 Å². The number of rotatable bonds is 4. The molecule has 0 radical (unpaired) electrons. The topological polar surface area (TPSA) is 12.0 Å².